The molecule has 0 atom stereocenters. The van der Waals surface area contributed by atoms with Crippen molar-refractivity contribution in [2.45, 2.75) is 33.1 Å². The highest BCUT2D eigenvalue weighted by Crippen LogP contribution is 2.29. The third-order valence-electron chi connectivity index (χ3n) is 3.58. The van der Waals surface area contributed by atoms with Crippen LogP contribution >= 0.6 is 0 Å². The van der Waals surface area contributed by atoms with Gasteiger partial charge in [0, 0.05) is 12.1 Å². The Kier molecular flexibility index (Phi) is 5.27. The maximum atomic E-state index is 12.1. The summed E-state index contributed by atoms with van der Waals surface area (Å²) in [6, 6.07) is 5.33. The Bertz CT molecular complexity index is 455. The topological polar surface area (TPSA) is 47.6 Å². The molecule has 4 nitrogen and oxygen atoms in total. The molecule has 1 fully saturated rings. The molecule has 1 aromatic rings. The van der Waals surface area contributed by atoms with Gasteiger partial charge in [-0.2, -0.15) is 0 Å². The second-order valence-corrected chi connectivity index (χ2v) is 5.03. The molecular weight excluding hydrogens is 254 g/mol. The van der Waals surface area contributed by atoms with Gasteiger partial charge >= 0.3 is 0 Å². The fourth-order valence-electron chi connectivity index (χ4n) is 2.23. The van der Waals surface area contributed by atoms with E-state index in [2.05, 4.69) is 5.32 Å². The van der Waals surface area contributed by atoms with Gasteiger partial charge in [-0.15, -0.1) is 0 Å². The predicted molar refractivity (Wildman–Crippen MR) is 78.5 cm³/mol. The summed E-state index contributed by atoms with van der Waals surface area (Å²) in [6.45, 7) is 5.74. The van der Waals surface area contributed by atoms with Crippen molar-refractivity contribution < 1.29 is 14.3 Å². The van der Waals surface area contributed by atoms with Gasteiger partial charge in [-0.3, -0.25) is 4.79 Å². The summed E-state index contributed by atoms with van der Waals surface area (Å²) in [5, 5.41) is 2.99. The highest BCUT2D eigenvalue weighted by atomic mass is 16.5. The summed E-state index contributed by atoms with van der Waals surface area (Å²) in [6.07, 6.45) is 3.75. The normalized spacial score (nSPS) is 14.5. The summed E-state index contributed by atoms with van der Waals surface area (Å²) >= 11 is 0. The average molecular weight is 277 g/mol. The van der Waals surface area contributed by atoms with Crippen molar-refractivity contribution in [3.05, 3.63) is 23.8 Å². The smallest absolute Gasteiger partial charge is 0.251 e. The molecule has 110 valence electrons. The van der Waals surface area contributed by atoms with Gasteiger partial charge in [0.2, 0.25) is 0 Å². The first-order chi connectivity index (χ1) is 9.74. The van der Waals surface area contributed by atoms with Crippen molar-refractivity contribution in [3.63, 3.8) is 0 Å². The van der Waals surface area contributed by atoms with Gasteiger partial charge in [-0.1, -0.05) is 6.42 Å². The first-order valence-corrected chi connectivity index (χ1v) is 7.42. The van der Waals surface area contributed by atoms with E-state index in [9.17, 15) is 4.79 Å². The molecule has 2 rings (SSSR count). The van der Waals surface area contributed by atoms with Crippen molar-refractivity contribution in [2.24, 2.45) is 5.92 Å². The van der Waals surface area contributed by atoms with Crippen molar-refractivity contribution in [2.75, 3.05) is 19.8 Å². The van der Waals surface area contributed by atoms with Crippen LogP contribution in [-0.4, -0.2) is 25.7 Å². The van der Waals surface area contributed by atoms with Crippen LogP contribution in [0.15, 0.2) is 18.2 Å². The van der Waals surface area contributed by atoms with E-state index in [4.69, 9.17) is 9.47 Å². The van der Waals surface area contributed by atoms with E-state index in [1.165, 1.54) is 19.3 Å². The zero-order valence-corrected chi connectivity index (χ0v) is 12.3. The molecule has 0 bridgehead atoms. The van der Waals surface area contributed by atoms with Crippen molar-refractivity contribution in [3.8, 4) is 11.5 Å². The molecule has 0 aromatic heterocycles. The Balaban J connectivity index is 2.02. The molecule has 1 aromatic carbocycles. The lowest BCUT2D eigenvalue weighted by molar-refractivity contribution is 0.0938. The first kappa shape index (κ1) is 14.7. The van der Waals surface area contributed by atoms with Crippen LogP contribution in [0.3, 0.4) is 0 Å². The van der Waals surface area contributed by atoms with Crippen LogP contribution in [0.25, 0.3) is 0 Å². The Morgan fingerprint density at radius 1 is 1.20 bits per heavy atom. The van der Waals surface area contributed by atoms with Crippen LogP contribution in [0.2, 0.25) is 0 Å². The standard InChI is InChI=1S/C16H23NO3/c1-3-19-14-9-8-13(10-15(14)20-4-2)16(18)17-11-12-6-5-7-12/h8-10,12H,3-7,11H2,1-2H3,(H,17,18). The number of hydrogen-bond acceptors (Lipinski definition) is 3. The molecule has 1 aliphatic rings. The molecule has 0 unspecified atom stereocenters. The van der Waals surface area contributed by atoms with E-state index in [0.29, 0.717) is 36.2 Å². The highest BCUT2D eigenvalue weighted by Gasteiger charge is 2.18. The van der Waals surface area contributed by atoms with Gasteiger partial charge < -0.3 is 14.8 Å². The van der Waals surface area contributed by atoms with E-state index in [1.807, 2.05) is 13.8 Å². The quantitative estimate of drug-likeness (QED) is 0.833. The molecular formula is C16H23NO3. The Hall–Kier alpha value is -1.71. The number of ether oxygens (including phenoxy) is 2. The van der Waals surface area contributed by atoms with E-state index in [0.717, 1.165) is 6.54 Å². The fourth-order valence-corrected chi connectivity index (χ4v) is 2.23. The Labute approximate surface area is 120 Å². The fraction of sp³-hybridized carbons (Fsp3) is 0.562. The van der Waals surface area contributed by atoms with Gasteiger partial charge in [0.25, 0.3) is 5.91 Å². The third kappa shape index (κ3) is 3.65. The number of carbonyl (C=O) groups excluding carboxylic acids is 1. The van der Waals surface area contributed by atoms with Gasteiger partial charge in [0.15, 0.2) is 11.5 Å². The van der Waals surface area contributed by atoms with Crippen LogP contribution in [0.1, 0.15) is 43.5 Å². The number of carbonyl (C=O) groups is 1. The summed E-state index contributed by atoms with van der Waals surface area (Å²) in [5.41, 5.74) is 0.622. The summed E-state index contributed by atoms with van der Waals surface area (Å²) in [7, 11) is 0. The molecule has 0 radical (unpaired) electrons. The Morgan fingerprint density at radius 2 is 1.90 bits per heavy atom. The molecule has 1 amide bonds. The number of nitrogens with one attached hydrogen (secondary N) is 1. The van der Waals surface area contributed by atoms with E-state index in [-0.39, 0.29) is 5.91 Å². The number of amides is 1. The SMILES string of the molecule is CCOc1ccc(C(=O)NCC2CCC2)cc1OCC. The molecule has 0 saturated heterocycles. The second kappa shape index (κ2) is 7.17. The van der Waals surface area contributed by atoms with E-state index < -0.39 is 0 Å². The lowest BCUT2D eigenvalue weighted by Crippen LogP contribution is -2.32. The average Bonchev–Trinajstić information content (AvgIpc) is 2.39. The zero-order valence-electron chi connectivity index (χ0n) is 12.3. The van der Waals surface area contributed by atoms with Crippen LogP contribution in [0.5, 0.6) is 11.5 Å². The monoisotopic (exact) mass is 277 g/mol. The third-order valence-corrected chi connectivity index (χ3v) is 3.58. The lowest BCUT2D eigenvalue weighted by Gasteiger charge is -2.25. The van der Waals surface area contributed by atoms with Crippen molar-refractivity contribution >= 4 is 5.91 Å². The van der Waals surface area contributed by atoms with E-state index in [1.54, 1.807) is 18.2 Å². The molecule has 1 N–H and O–H groups in total. The molecule has 0 spiro atoms. The number of benzene rings is 1. The minimum absolute atomic E-state index is 0.0408. The maximum absolute atomic E-state index is 12.1. The van der Waals surface area contributed by atoms with Crippen molar-refractivity contribution in [1.82, 2.24) is 5.32 Å². The van der Waals surface area contributed by atoms with Crippen LogP contribution < -0.4 is 14.8 Å². The van der Waals surface area contributed by atoms with Gasteiger partial charge in [0.05, 0.1) is 13.2 Å². The largest absolute Gasteiger partial charge is 0.490 e. The van der Waals surface area contributed by atoms with Crippen LogP contribution in [-0.2, 0) is 0 Å². The molecule has 1 saturated carbocycles. The Morgan fingerprint density at radius 3 is 2.50 bits per heavy atom. The van der Waals surface area contributed by atoms with Gasteiger partial charge in [-0.05, 0) is 50.8 Å². The molecule has 20 heavy (non-hydrogen) atoms. The summed E-state index contributed by atoms with van der Waals surface area (Å²) in [5.74, 6) is 1.93. The van der Waals surface area contributed by atoms with E-state index >= 15 is 0 Å². The molecule has 0 heterocycles. The molecule has 0 aliphatic heterocycles. The highest BCUT2D eigenvalue weighted by molar-refractivity contribution is 5.94. The van der Waals surface area contributed by atoms with Gasteiger partial charge in [0.1, 0.15) is 0 Å². The summed E-state index contributed by atoms with van der Waals surface area (Å²) in [4.78, 5) is 12.1. The van der Waals surface area contributed by atoms with Crippen LogP contribution in [0.4, 0.5) is 0 Å². The zero-order chi connectivity index (χ0) is 14.4. The lowest BCUT2D eigenvalue weighted by atomic mass is 9.85. The first-order valence-electron chi connectivity index (χ1n) is 7.42. The minimum atomic E-state index is -0.0408. The molecule has 1 aliphatic carbocycles. The number of rotatable bonds is 7. The maximum Gasteiger partial charge on any atom is 0.251 e. The van der Waals surface area contributed by atoms with Crippen molar-refractivity contribution in [1.29, 1.82) is 0 Å². The van der Waals surface area contributed by atoms with Gasteiger partial charge in [-0.25, -0.2) is 0 Å². The molecule has 4 heteroatoms. The summed E-state index contributed by atoms with van der Waals surface area (Å²) < 4.78 is 11.0. The minimum Gasteiger partial charge on any atom is -0.490 e. The van der Waals surface area contributed by atoms with Crippen LogP contribution in [0, 0.1) is 5.92 Å². The second-order valence-electron chi connectivity index (χ2n) is 5.03. The number of hydrogen-bond donors (Lipinski definition) is 1. The predicted octanol–water partition coefficient (Wildman–Crippen LogP) is 3.01.